The molecule has 10 heteroatoms. The molecule has 0 bridgehead atoms. The molecule has 1 saturated heterocycles. The largest absolute Gasteiger partial charge is 0.309 e. The third-order valence-corrected chi connectivity index (χ3v) is 4.59. The van der Waals surface area contributed by atoms with Crippen LogP contribution in [0.15, 0.2) is 6.07 Å². The molecule has 5 nitrogen and oxygen atoms in total. The summed E-state index contributed by atoms with van der Waals surface area (Å²) in [4.78, 5) is 16.6. The van der Waals surface area contributed by atoms with Crippen LogP contribution in [-0.4, -0.2) is 31.6 Å². The second kappa shape index (κ2) is 5.63. The Morgan fingerprint density at radius 3 is 2.65 bits per heavy atom. The second-order valence-electron chi connectivity index (χ2n) is 4.35. The number of carbonyl (C=O) groups is 1. The van der Waals surface area contributed by atoms with Crippen molar-refractivity contribution >= 4 is 54.5 Å². The minimum Gasteiger partial charge on any atom is -0.309 e. The quantitative estimate of drug-likeness (QED) is 0.612. The average molecular weight is 362 g/mol. The van der Waals surface area contributed by atoms with Gasteiger partial charge in [-0.2, -0.15) is 0 Å². The maximum absolute atomic E-state index is 13.4. The second-order valence-corrected chi connectivity index (χ2v) is 7.89. The predicted molar refractivity (Wildman–Crippen MR) is 74.3 cm³/mol. The molecule has 1 aliphatic heterocycles. The number of amides is 1. The maximum atomic E-state index is 13.4. The lowest BCUT2D eigenvalue weighted by Crippen LogP contribution is -2.26. The number of pyridine rings is 1. The van der Waals surface area contributed by atoms with Crippen LogP contribution < -0.4 is 4.90 Å². The topological polar surface area (TPSA) is 67.3 Å². The van der Waals surface area contributed by atoms with Gasteiger partial charge in [0.2, 0.25) is 15.0 Å². The van der Waals surface area contributed by atoms with Gasteiger partial charge in [0.05, 0.1) is 11.4 Å². The number of rotatable bonds is 3. The molecule has 2 rings (SSSR count). The molecule has 1 aromatic heterocycles. The molecule has 0 saturated carbocycles. The number of nitrogens with zero attached hydrogens (tertiary/aromatic N) is 2. The van der Waals surface area contributed by atoms with Gasteiger partial charge in [0, 0.05) is 35.6 Å². The molecule has 0 aliphatic carbocycles. The summed E-state index contributed by atoms with van der Waals surface area (Å²) in [5, 5.41) is -0.524. The number of anilines is 1. The van der Waals surface area contributed by atoms with Gasteiger partial charge in [-0.15, -0.1) is 0 Å². The monoisotopic (exact) mass is 360 g/mol. The molecule has 0 aromatic carbocycles. The number of carbonyl (C=O) groups excluding carboxylic acids is 1. The van der Waals surface area contributed by atoms with E-state index in [1.54, 1.807) is 0 Å². The summed E-state index contributed by atoms with van der Waals surface area (Å²) in [6.07, 6.45) is -0.00742. The van der Waals surface area contributed by atoms with Crippen LogP contribution in [0.2, 0.25) is 10.3 Å². The van der Waals surface area contributed by atoms with E-state index < -0.39 is 25.9 Å². The van der Waals surface area contributed by atoms with Crippen molar-refractivity contribution in [3.8, 4) is 0 Å². The first-order chi connectivity index (χ1) is 9.17. The van der Waals surface area contributed by atoms with Crippen LogP contribution in [0.3, 0.4) is 0 Å². The summed E-state index contributed by atoms with van der Waals surface area (Å²) < 4.78 is 35.4. The van der Waals surface area contributed by atoms with Crippen LogP contribution in [-0.2, 0) is 13.8 Å². The number of hydrogen-bond acceptors (Lipinski definition) is 4. The van der Waals surface area contributed by atoms with Crippen molar-refractivity contribution in [2.45, 2.75) is 6.42 Å². The van der Waals surface area contributed by atoms with Crippen LogP contribution in [0.1, 0.15) is 6.42 Å². The number of aromatic nitrogens is 1. The Kier molecular flexibility index (Phi) is 4.44. The first kappa shape index (κ1) is 15.8. The normalized spacial score (nSPS) is 19.7. The summed E-state index contributed by atoms with van der Waals surface area (Å²) in [7, 11) is 1.45. The fourth-order valence-corrected chi connectivity index (χ4v) is 3.78. The Balaban J connectivity index is 2.26. The van der Waals surface area contributed by atoms with E-state index in [2.05, 4.69) is 4.98 Å². The van der Waals surface area contributed by atoms with E-state index in [4.69, 9.17) is 33.9 Å². The molecule has 1 aromatic rings. The van der Waals surface area contributed by atoms with Gasteiger partial charge in [-0.05, 0) is 0 Å². The van der Waals surface area contributed by atoms with E-state index in [0.29, 0.717) is 0 Å². The Bertz CT molecular complexity index is 668. The Labute approximate surface area is 129 Å². The molecule has 0 radical (unpaired) electrons. The molecule has 2 heterocycles. The van der Waals surface area contributed by atoms with Gasteiger partial charge < -0.3 is 4.90 Å². The van der Waals surface area contributed by atoms with Crippen molar-refractivity contribution in [3.05, 3.63) is 22.2 Å². The first-order valence-electron chi connectivity index (χ1n) is 5.41. The molecular weight excluding hydrogens is 354 g/mol. The molecule has 1 fully saturated rings. The van der Waals surface area contributed by atoms with Crippen molar-refractivity contribution in [1.29, 1.82) is 0 Å². The molecule has 1 amide bonds. The van der Waals surface area contributed by atoms with Crippen LogP contribution >= 0.6 is 33.9 Å². The van der Waals surface area contributed by atoms with Crippen molar-refractivity contribution < 1.29 is 17.6 Å². The van der Waals surface area contributed by atoms with Crippen LogP contribution in [0.5, 0.6) is 0 Å². The van der Waals surface area contributed by atoms with Gasteiger partial charge in [0.25, 0.3) is 0 Å². The summed E-state index contributed by atoms with van der Waals surface area (Å²) in [5.41, 5.74) is 0.0630. The molecular formula is C10H8Cl3FN2O3S. The fraction of sp³-hybridized carbons (Fsp3) is 0.400. The van der Waals surface area contributed by atoms with Crippen LogP contribution in [0, 0.1) is 11.7 Å². The van der Waals surface area contributed by atoms with Crippen molar-refractivity contribution in [2.75, 3.05) is 17.2 Å². The highest BCUT2D eigenvalue weighted by atomic mass is 35.7. The van der Waals surface area contributed by atoms with Crippen molar-refractivity contribution in [3.63, 3.8) is 0 Å². The van der Waals surface area contributed by atoms with Gasteiger partial charge in [0.1, 0.15) is 0 Å². The van der Waals surface area contributed by atoms with Gasteiger partial charge >= 0.3 is 0 Å². The van der Waals surface area contributed by atoms with Crippen LogP contribution in [0.4, 0.5) is 10.1 Å². The standard InChI is InChI=1S/C10H8Cl3FN2O3S/c11-9-6(14)2-7(10(12)15-9)16-3-5(1-8(16)17)4-20(13,18)19/h2,5H,1,3-4H2. The molecule has 1 atom stereocenters. The fourth-order valence-electron chi connectivity index (χ4n) is 2.03. The van der Waals surface area contributed by atoms with E-state index in [0.717, 1.165) is 6.07 Å². The zero-order chi connectivity index (χ0) is 15.1. The molecule has 0 spiro atoms. The van der Waals surface area contributed by atoms with E-state index in [1.165, 1.54) is 4.90 Å². The van der Waals surface area contributed by atoms with E-state index in [9.17, 15) is 17.6 Å². The summed E-state index contributed by atoms with van der Waals surface area (Å²) in [6, 6.07) is 0.993. The van der Waals surface area contributed by atoms with Crippen LogP contribution in [0.25, 0.3) is 0 Å². The zero-order valence-electron chi connectivity index (χ0n) is 9.82. The highest BCUT2D eigenvalue weighted by Crippen LogP contribution is 2.33. The van der Waals surface area contributed by atoms with Crippen molar-refractivity contribution in [1.82, 2.24) is 4.98 Å². The molecule has 20 heavy (non-hydrogen) atoms. The van der Waals surface area contributed by atoms with Gasteiger partial charge in [-0.3, -0.25) is 4.79 Å². The summed E-state index contributed by atoms with van der Waals surface area (Å²) >= 11 is 11.3. The third-order valence-electron chi connectivity index (χ3n) is 2.80. The Morgan fingerprint density at radius 2 is 2.05 bits per heavy atom. The first-order valence-corrected chi connectivity index (χ1v) is 8.65. The SMILES string of the molecule is O=C1CC(CS(=O)(=O)Cl)CN1c1cc(F)c(Cl)nc1Cl. The summed E-state index contributed by atoms with van der Waals surface area (Å²) in [6.45, 7) is 0.0766. The lowest BCUT2D eigenvalue weighted by molar-refractivity contribution is -0.117. The average Bonchev–Trinajstić information content (AvgIpc) is 2.62. The van der Waals surface area contributed by atoms with Gasteiger partial charge in [-0.1, -0.05) is 23.2 Å². The number of halogens is 4. The zero-order valence-corrected chi connectivity index (χ0v) is 12.9. The Morgan fingerprint density at radius 1 is 1.40 bits per heavy atom. The van der Waals surface area contributed by atoms with E-state index in [1.807, 2.05) is 0 Å². The molecule has 0 N–H and O–H groups in total. The van der Waals surface area contributed by atoms with Gasteiger partial charge in [0.15, 0.2) is 16.1 Å². The molecule has 1 aliphatic rings. The van der Waals surface area contributed by atoms with E-state index >= 15 is 0 Å². The minimum atomic E-state index is -3.71. The lowest BCUT2D eigenvalue weighted by atomic mass is 10.1. The summed E-state index contributed by atoms with van der Waals surface area (Å²) in [5.74, 6) is -1.99. The van der Waals surface area contributed by atoms with Crippen molar-refractivity contribution in [2.24, 2.45) is 5.92 Å². The highest BCUT2D eigenvalue weighted by Gasteiger charge is 2.34. The van der Waals surface area contributed by atoms with E-state index in [-0.39, 0.29) is 35.5 Å². The Hall–Kier alpha value is -0.630. The number of hydrogen-bond donors (Lipinski definition) is 0. The molecule has 1 unspecified atom stereocenters. The highest BCUT2D eigenvalue weighted by molar-refractivity contribution is 8.13. The maximum Gasteiger partial charge on any atom is 0.232 e. The lowest BCUT2D eigenvalue weighted by Gasteiger charge is -2.17. The smallest absolute Gasteiger partial charge is 0.232 e. The predicted octanol–water partition coefficient (Wildman–Crippen LogP) is 2.45. The third kappa shape index (κ3) is 3.52. The minimum absolute atomic E-state index is 0.00742. The molecule has 110 valence electrons. The van der Waals surface area contributed by atoms with Gasteiger partial charge in [-0.25, -0.2) is 17.8 Å².